The van der Waals surface area contributed by atoms with E-state index in [2.05, 4.69) is 10.6 Å². The topological polar surface area (TPSA) is 67.4 Å². The second-order valence-corrected chi connectivity index (χ2v) is 5.86. The average Bonchev–Trinajstić information content (AvgIpc) is 3.44. The van der Waals surface area contributed by atoms with Gasteiger partial charge in [-0.15, -0.1) is 0 Å². The minimum atomic E-state index is -0.308. The number of carbonyl (C=O) groups is 2. The van der Waals surface area contributed by atoms with Crippen molar-refractivity contribution in [1.82, 2.24) is 5.32 Å². The van der Waals surface area contributed by atoms with Gasteiger partial charge in [0, 0.05) is 17.7 Å². The standard InChI is InChI=1S/C20H20N2O3/c1-25-18-9-5-2-6-14(18)10-13-19(23)22-17-8-4-3-7-16(17)20(24)21-15-11-12-15/h2-10,13,15H,11-12H2,1H3,(H,21,24)(H,22,23)/b13-10+. The minimum absolute atomic E-state index is 0.160. The molecule has 0 bridgehead atoms. The average molecular weight is 336 g/mol. The monoisotopic (exact) mass is 336 g/mol. The van der Waals surface area contributed by atoms with Crippen molar-refractivity contribution < 1.29 is 14.3 Å². The van der Waals surface area contributed by atoms with E-state index in [4.69, 9.17) is 4.74 Å². The van der Waals surface area contributed by atoms with E-state index in [0.717, 1.165) is 18.4 Å². The lowest BCUT2D eigenvalue weighted by Gasteiger charge is -2.10. The zero-order chi connectivity index (χ0) is 17.6. The van der Waals surface area contributed by atoms with Gasteiger partial charge in [0.2, 0.25) is 5.91 Å². The van der Waals surface area contributed by atoms with Crippen LogP contribution in [0.4, 0.5) is 5.69 Å². The molecule has 2 N–H and O–H groups in total. The minimum Gasteiger partial charge on any atom is -0.496 e. The second kappa shape index (κ2) is 7.66. The maximum Gasteiger partial charge on any atom is 0.253 e. The van der Waals surface area contributed by atoms with Gasteiger partial charge in [-0.2, -0.15) is 0 Å². The molecular formula is C20H20N2O3. The van der Waals surface area contributed by atoms with Gasteiger partial charge in [0.1, 0.15) is 5.75 Å². The lowest BCUT2D eigenvalue weighted by atomic mass is 10.1. The van der Waals surface area contributed by atoms with Crippen LogP contribution in [0.1, 0.15) is 28.8 Å². The Morgan fingerprint density at radius 1 is 1.08 bits per heavy atom. The smallest absolute Gasteiger partial charge is 0.253 e. The maximum atomic E-state index is 12.3. The molecule has 0 spiro atoms. The summed E-state index contributed by atoms with van der Waals surface area (Å²) >= 11 is 0. The summed E-state index contributed by atoms with van der Waals surface area (Å²) < 4.78 is 5.25. The van der Waals surface area contributed by atoms with Gasteiger partial charge < -0.3 is 15.4 Å². The quantitative estimate of drug-likeness (QED) is 0.796. The van der Waals surface area contributed by atoms with Crippen LogP contribution in [0.3, 0.4) is 0 Å². The van der Waals surface area contributed by atoms with Crippen LogP contribution in [0.25, 0.3) is 6.08 Å². The van der Waals surface area contributed by atoms with Crippen molar-refractivity contribution in [2.75, 3.05) is 12.4 Å². The molecule has 1 aliphatic carbocycles. The summed E-state index contributed by atoms with van der Waals surface area (Å²) in [6.07, 6.45) is 5.14. The van der Waals surface area contributed by atoms with E-state index in [9.17, 15) is 9.59 Å². The predicted octanol–water partition coefficient (Wildman–Crippen LogP) is 3.24. The van der Waals surface area contributed by atoms with Gasteiger partial charge >= 0.3 is 0 Å². The molecule has 1 aliphatic rings. The summed E-state index contributed by atoms with van der Waals surface area (Å²) in [6, 6.07) is 14.7. The summed E-state index contributed by atoms with van der Waals surface area (Å²) in [4.78, 5) is 24.5. The summed E-state index contributed by atoms with van der Waals surface area (Å²) in [5.41, 5.74) is 1.77. The van der Waals surface area contributed by atoms with Gasteiger partial charge in [-0.1, -0.05) is 30.3 Å². The largest absolute Gasteiger partial charge is 0.496 e. The highest BCUT2D eigenvalue weighted by molar-refractivity contribution is 6.07. The Labute approximate surface area is 146 Å². The van der Waals surface area contributed by atoms with Crippen LogP contribution in [0, 0.1) is 0 Å². The molecule has 0 unspecified atom stereocenters. The van der Waals surface area contributed by atoms with E-state index < -0.39 is 0 Å². The molecular weight excluding hydrogens is 316 g/mol. The van der Waals surface area contributed by atoms with E-state index >= 15 is 0 Å². The highest BCUT2D eigenvalue weighted by Gasteiger charge is 2.24. The van der Waals surface area contributed by atoms with Gasteiger partial charge in [-0.05, 0) is 37.1 Å². The zero-order valence-corrected chi connectivity index (χ0v) is 14.0. The van der Waals surface area contributed by atoms with Crippen molar-refractivity contribution in [3.8, 4) is 5.75 Å². The number of nitrogens with one attached hydrogen (secondary N) is 2. The number of hydrogen-bond acceptors (Lipinski definition) is 3. The van der Waals surface area contributed by atoms with Crippen LogP contribution in [0.15, 0.2) is 54.6 Å². The highest BCUT2D eigenvalue weighted by Crippen LogP contribution is 2.22. The summed E-state index contributed by atoms with van der Waals surface area (Å²) in [5.74, 6) is 0.223. The predicted molar refractivity (Wildman–Crippen MR) is 97.6 cm³/mol. The number of para-hydroxylation sites is 2. The molecule has 3 rings (SSSR count). The van der Waals surface area contributed by atoms with E-state index in [1.807, 2.05) is 24.3 Å². The van der Waals surface area contributed by atoms with Crippen LogP contribution >= 0.6 is 0 Å². The van der Waals surface area contributed by atoms with E-state index in [0.29, 0.717) is 17.0 Å². The number of hydrogen-bond donors (Lipinski definition) is 2. The fourth-order valence-corrected chi connectivity index (χ4v) is 2.42. The van der Waals surface area contributed by atoms with E-state index in [1.54, 1.807) is 37.5 Å². The van der Waals surface area contributed by atoms with Crippen molar-refractivity contribution >= 4 is 23.6 Å². The van der Waals surface area contributed by atoms with Crippen molar-refractivity contribution in [2.24, 2.45) is 0 Å². The summed E-state index contributed by atoms with van der Waals surface area (Å²) in [6.45, 7) is 0. The second-order valence-electron chi connectivity index (χ2n) is 5.86. The molecule has 0 aromatic heterocycles. The Morgan fingerprint density at radius 2 is 1.80 bits per heavy atom. The van der Waals surface area contributed by atoms with Gasteiger partial charge in [0.25, 0.3) is 5.91 Å². The van der Waals surface area contributed by atoms with Gasteiger partial charge in [-0.25, -0.2) is 0 Å². The van der Waals surface area contributed by atoms with Crippen molar-refractivity contribution in [2.45, 2.75) is 18.9 Å². The Hall–Kier alpha value is -3.08. The Balaban J connectivity index is 1.70. The van der Waals surface area contributed by atoms with E-state index in [1.165, 1.54) is 6.08 Å². The molecule has 5 nitrogen and oxygen atoms in total. The highest BCUT2D eigenvalue weighted by atomic mass is 16.5. The number of ether oxygens (including phenoxy) is 1. The first-order valence-corrected chi connectivity index (χ1v) is 8.19. The van der Waals surface area contributed by atoms with Gasteiger partial charge in [-0.3, -0.25) is 9.59 Å². The number of amides is 2. The first-order valence-electron chi connectivity index (χ1n) is 8.19. The lowest BCUT2D eigenvalue weighted by molar-refractivity contribution is -0.111. The number of benzene rings is 2. The fraction of sp³-hybridized carbons (Fsp3) is 0.200. The number of carbonyl (C=O) groups excluding carboxylic acids is 2. The molecule has 5 heteroatoms. The molecule has 1 saturated carbocycles. The molecule has 2 aromatic rings. The van der Waals surface area contributed by atoms with E-state index in [-0.39, 0.29) is 17.9 Å². The third-order valence-electron chi connectivity index (χ3n) is 3.90. The SMILES string of the molecule is COc1ccccc1/C=C/C(=O)Nc1ccccc1C(=O)NC1CC1. The van der Waals surface area contributed by atoms with Crippen LogP contribution in [0.2, 0.25) is 0 Å². The van der Waals surface area contributed by atoms with Gasteiger partial charge in [0.05, 0.1) is 18.4 Å². The third kappa shape index (κ3) is 4.47. The number of anilines is 1. The third-order valence-corrected chi connectivity index (χ3v) is 3.90. The normalized spacial score (nSPS) is 13.5. The summed E-state index contributed by atoms with van der Waals surface area (Å²) in [5, 5.41) is 5.70. The first-order chi connectivity index (χ1) is 12.2. The molecule has 0 saturated heterocycles. The summed E-state index contributed by atoms with van der Waals surface area (Å²) in [7, 11) is 1.58. The first kappa shape index (κ1) is 16.8. The Morgan fingerprint density at radius 3 is 2.56 bits per heavy atom. The molecule has 0 aliphatic heterocycles. The molecule has 0 heterocycles. The maximum absolute atomic E-state index is 12.3. The fourth-order valence-electron chi connectivity index (χ4n) is 2.42. The van der Waals surface area contributed by atoms with Crippen LogP contribution in [-0.2, 0) is 4.79 Å². The van der Waals surface area contributed by atoms with Crippen LogP contribution in [0.5, 0.6) is 5.75 Å². The van der Waals surface area contributed by atoms with Gasteiger partial charge in [0.15, 0.2) is 0 Å². The number of rotatable bonds is 6. The molecule has 0 atom stereocenters. The van der Waals surface area contributed by atoms with Crippen LogP contribution < -0.4 is 15.4 Å². The van der Waals surface area contributed by atoms with Crippen LogP contribution in [-0.4, -0.2) is 25.0 Å². The van der Waals surface area contributed by atoms with Crippen molar-refractivity contribution in [1.29, 1.82) is 0 Å². The molecule has 25 heavy (non-hydrogen) atoms. The molecule has 128 valence electrons. The molecule has 0 radical (unpaired) electrons. The number of methoxy groups -OCH3 is 1. The Bertz CT molecular complexity index is 810. The Kier molecular flexibility index (Phi) is 5.14. The zero-order valence-electron chi connectivity index (χ0n) is 14.0. The molecule has 2 aromatic carbocycles. The molecule has 1 fully saturated rings. The lowest BCUT2D eigenvalue weighted by Crippen LogP contribution is -2.26. The van der Waals surface area contributed by atoms with Crippen molar-refractivity contribution in [3.63, 3.8) is 0 Å². The van der Waals surface area contributed by atoms with Crippen molar-refractivity contribution in [3.05, 3.63) is 65.7 Å². The molecule has 2 amide bonds.